The van der Waals surface area contributed by atoms with Gasteiger partial charge in [-0.2, -0.15) is 0 Å². The normalized spacial score (nSPS) is 28.3. The molecule has 1 rings (SSSR count). The van der Waals surface area contributed by atoms with Gasteiger partial charge in [-0.25, -0.2) is 0 Å². The van der Waals surface area contributed by atoms with E-state index in [0.29, 0.717) is 6.61 Å². The van der Waals surface area contributed by atoms with E-state index < -0.39 is 6.10 Å². The van der Waals surface area contributed by atoms with Gasteiger partial charge in [-0.15, -0.1) is 0 Å². The summed E-state index contributed by atoms with van der Waals surface area (Å²) in [5, 5.41) is 16.1. The van der Waals surface area contributed by atoms with Gasteiger partial charge in [-0.1, -0.05) is 0 Å². The van der Waals surface area contributed by atoms with E-state index in [9.17, 15) is 0 Å². The first-order valence-corrected chi connectivity index (χ1v) is 3.35. The number of amidine groups is 1. The van der Waals surface area contributed by atoms with Gasteiger partial charge in [0.05, 0.1) is 6.10 Å². The van der Waals surface area contributed by atoms with Gasteiger partial charge < -0.3 is 15.6 Å². The predicted octanol–water partition coefficient (Wildman–Crippen LogP) is -0.538. The number of ether oxygens (including phenoxy) is 1. The summed E-state index contributed by atoms with van der Waals surface area (Å²) in [7, 11) is 0. The van der Waals surface area contributed by atoms with E-state index >= 15 is 0 Å². The number of nitrogens with one attached hydrogen (secondary N) is 1. The highest BCUT2D eigenvalue weighted by molar-refractivity contribution is 5.82. The third-order valence-corrected chi connectivity index (χ3v) is 1.64. The highest BCUT2D eigenvalue weighted by Crippen LogP contribution is 2.15. The molecule has 10 heavy (non-hydrogen) atoms. The van der Waals surface area contributed by atoms with Crippen molar-refractivity contribution < 1.29 is 9.84 Å². The van der Waals surface area contributed by atoms with Crippen molar-refractivity contribution in [3.05, 3.63) is 0 Å². The average Bonchev–Trinajstić information content (AvgIpc) is 2.36. The van der Waals surface area contributed by atoms with Crippen LogP contribution in [0.2, 0.25) is 0 Å². The van der Waals surface area contributed by atoms with Gasteiger partial charge in [0.1, 0.15) is 11.9 Å². The Balaban J connectivity index is 2.39. The number of aliphatic hydroxyl groups is 1. The van der Waals surface area contributed by atoms with Gasteiger partial charge in [0, 0.05) is 6.61 Å². The molecule has 0 spiro atoms. The smallest absolute Gasteiger partial charge is 0.136 e. The molecule has 0 bridgehead atoms. The number of hydrogen-bond acceptors (Lipinski definition) is 3. The quantitative estimate of drug-likeness (QED) is 0.360. The molecule has 0 saturated carbocycles. The lowest BCUT2D eigenvalue weighted by Crippen LogP contribution is -2.37. The fraction of sp³-hybridized carbons (Fsp3) is 0.833. The number of aliphatic hydroxyl groups excluding tert-OH is 1. The summed E-state index contributed by atoms with van der Waals surface area (Å²) in [6, 6.07) is 0. The van der Waals surface area contributed by atoms with Crippen LogP contribution < -0.4 is 5.73 Å². The largest absolute Gasteiger partial charge is 0.385 e. The molecule has 4 N–H and O–H groups in total. The molecule has 2 atom stereocenters. The summed E-state index contributed by atoms with van der Waals surface area (Å²) >= 11 is 0. The van der Waals surface area contributed by atoms with Crippen molar-refractivity contribution in [1.29, 1.82) is 5.41 Å². The second kappa shape index (κ2) is 2.98. The Labute approximate surface area is 59.5 Å². The van der Waals surface area contributed by atoms with Crippen LogP contribution in [0.15, 0.2) is 0 Å². The summed E-state index contributed by atoms with van der Waals surface area (Å²) in [5.41, 5.74) is 5.07. The van der Waals surface area contributed by atoms with Gasteiger partial charge in [-0.05, 0) is 12.8 Å². The second-order valence-electron chi connectivity index (χ2n) is 2.45. The minimum atomic E-state index is -0.900. The molecule has 58 valence electrons. The molecule has 0 radical (unpaired) electrons. The van der Waals surface area contributed by atoms with Gasteiger partial charge in [0.2, 0.25) is 0 Å². The Morgan fingerprint density at radius 1 is 1.80 bits per heavy atom. The molecule has 1 aliphatic heterocycles. The van der Waals surface area contributed by atoms with Gasteiger partial charge >= 0.3 is 0 Å². The fourth-order valence-corrected chi connectivity index (χ4v) is 1.05. The lowest BCUT2D eigenvalue weighted by molar-refractivity contribution is 0.0310. The van der Waals surface area contributed by atoms with Crippen molar-refractivity contribution in [3.63, 3.8) is 0 Å². The average molecular weight is 144 g/mol. The number of hydrogen-bond donors (Lipinski definition) is 3. The van der Waals surface area contributed by atoms with Crippen molar-refractivity contribution in [1.82, 2.24) is 0 Å². The molecule has 0 amide bonds. The first-order chi connectivity index (χ1) is 4.72. The predicted molar refractivity (Wildman–Crippen MR) is 36.9 cm³/mol. The maximum atomic E-state index is 9.15. The molecule has 1 fully saturated rings. The lowest BCUT2D eigenvalue weighted by Gasteiger charge is -2.14. The van der Waals surface area contributed by atoms with Crippen LogP contribution in [0, 0.1) is 5.41 Å². The molecule has 4 heteroatoms. The Hall–Kier alpha value is -0.610. The van der Waals surface area contributed by atoms with Crippen LogP contribution in [0.25, 0.3) is 0 Å². The molecular weight excluding hydrogens is 132 g/mol. The summed E-state index contributed by atoms with van der Waals surface area (Å²) in [5.74, 6) is -0.202. The lowest BCUT2D eigenvalue weighted by atomic mass is 10.1. The maximum Gasteiger partial charge on any atom is 0.136 e. The van der Waals surface area contributed by atoms with Gasteiger partial charge in [-0.3, -0.25) is 5.41 Å². The van der Waals surface area contributed by atoms with Crippen LogP contribution in [0.4, 0.5) is 0 Å². The zero-order chi connectivity index (χ0) is 7.56. The summed E-state index contributed by atoms with van der Waals surface area (Å²) < 4.78 is 5.11. The Bertz CT molecular complexity index is 132. The molecule has 0 aromatic heterocycles. The molecule has 0 aromatic carbocycles. The monoisotopic (exact) mass is 144 g/mol. The fourth-order valence-electron chi connectivity index (χ4n) is 1.05. The van der Waals surface area contributed by atoms with Crippen molar-refractivity contribution in [2.45, 2.75) is 25.0 Å². The van der Waals surface area contributed by atoms with Crippen LogP contribution in [-0.4, -0.2) is 29.8 Å². The van der Waals surface area contributed by atoms with Crippen LogP contribution in [0.1, 0.15) is 12.8 Å². The molecule has 4 nitrogen and oxygen atoms in total. The van der Waals surface area contributed by atoms with E-state index in [1.54, 1.807) is 0 Å². The highest BCUT2D eigenvalue weighted by Gasteiger charge is 2.25. The topological polar surface area (TPSA) is 79.3 Å². The van der Waals surface area contributed by atoms with Gasteiger partial charge in [0.15, 0.2) is 0 Å². The summed E-state index contributed by atoms with van der Waals surface area (Å²) in [6.45, 7) is 0.676. The minimum Gasteiger partial charge on any atom is -0.385 e. The first-order valence-electron chi connectivity index (χ1n) is 3.35. The Kier molecular flexibility index (Phi) is 2.24. The Morgan fingerprint density at radius 2 is 2.50 bits per heavy atom. The third kappa shape index (κ3) is 1.46. The molecule has 1 saturated heterocycles. The number of rotatable bonds is 2. The summed E-state index contributed by atoms with van der Waals surface area (Å²) in [6.07, 6.45) is 0.621. The molecule has 1 heterocycles. The summed E-state index contributed by atoms with van der Waals surface area (Å²) in [4.78, 5) is 0. The highest BCUT2D eigenvalue weighted by atomic mass is 16.5. The molecule has 1 aliphatic rings. The molecular formula is C6H12N2O2. The zero-order valence-electron chi connectivity index (χ0n) is 5.71. The van der Waals surface area contributed by atoms with Crippen molar-refractivity contribution >= 4 is 5.84 Å². The maximum absolute atomic E-state index is 9.15. The van der Waals surface area contributed by atoms with E-state index in [2.05, 4.69) is 0 Å². The van der Waals surface area contributed by atoms with Crippen molar-refractivity contribution in [2.75, 3.05) is 6.61 Å². The van der Waals surface area contributed by atoms with Crippen LogP contribution in [-0.2, 0) is 4.74 Å². The van der Waals surface area contributed by atoms with Crippen LogP contribution in [0.5, 0.6) is 0 Å². The first kappa shape index (κ1) is 7.50. The van der Waals surface area contributed by atoms with E-state index in [1.807, 2.05) is 0 Å². The molecule has 0 aromatic rings. The van der Waals surface area contributed by atoms with Gasteiger partial charge in [0.25, 0.3) is 0 Å². The standard InChI is InChI=1S/C6H12N2O2/c7-6(8)5(9)4-2-1-3-10-4/h4-5,9H,1-3H2,(H3,7,8). The molecule has 2 unspecified atom stereocenters. The van der Waals surface area contributed by atoms with E-state index in [4.69, 9.17) is 21.0 Å². The molecule has 0 aliphatic carbocycles. The van der Waals surface area contributed by atoms with Crippen LogP contribution >= 0.6 is 0 Å². The number of nitrogens with two attached hydrogens (primary N) is 1. The van der Waals surface area contributed by atoms with Crippen LogP contribution in [0.3, 0.4) is 0 Å². The SMILES string of the molecule is N=C(N)C(O)C1CCCO1. The Morgan fingerprint density at radius 3 is 2.90 bits per heavy atom. The zero-order valence-corrected chi connectivity index (χ0v) is 5.71. The van der Waals surface area contributed by atoms with Crippen molar-refractivity contribution in [2.24, 2.45) is 5.73 Å². The van der Waals surface area contributed by atoms with E-state index in [1.165, 1.54) is 0 Å². The van der Waals surface area contributed by atoms with E-state index in [0.717, 1.165) is 12.8 Å². The minimum absolute atomic E-state index is 0.202. The third-order valence-electron chi connectivity index (χ3n) is 1.64. The van der Waals surface area contributed by atoms with Crippen molar-refractivity contribution in [3.8, 4) is 0 Å². The second-order valence-corrected chi connectivity index (χ2v) is 2.45. The van der Waals surface area contributed by atoms with E-state index in [-0.39, 0.29) is 11.9 Å².